The molecular formula is C29H30ClNO6. The van der Waals surface area contributed by atoms with Crippen LogP contribution in [0.1, 0.15) is 50.2 Å². The predicted molar refractivity (Wildman–Crippen MR) is 139 cm³/mol. The Bertz CT molecular complexity index is 1280. The third kappa shape index (κ3) is 5.14. The first kappa shape index (κ1) is 26.5. The van der Waals surface area contributed by atoms with Crippen LogP contribution in [0.5, 0.6) is 5.75 Å². The van der Waals surface area contributed by atoms with E-state index in [0.29, 0.717) is 45.3 Å². The van der Waals surface area contributed by atoms with Crippen LogP contribution in [0.15, 0.2) is 71.1 Å². The fraction of sp³-hybridized carbons (Fsp3) is 0.345. The molecule has 2 aliphatic rings. The van der Waals surface area contributed by atoms with E-state index < -0.39 is 29.7 Å². The smallest absolute Gasteiger partial charge is 0.336 e. The number of benzene rings is 2. The lowest BCUT2D eigenvalue weighted by atomic mass is 9.67. The van der Waals surface area contributed by atoms with Gasteiger partial charge >= 0.3 is 11.9 Å². The fourth-order valence-corrected chi connectivity index (χ4v) is 5.32. The number of allylic oxidation sites excluding steroid dienone is 3. The van der Waals surface area contributed by atoms with E-state index in [-0.39, 0.29) is 19.0 Å². The lowest BCUT2D eigenvalue weighted by molar-refractivity contribution is -0.152. The van der Waals surface area contributed by atoms with Crippen molar-refractivity contribution in [3.8, 4) is 5.75 Å². The molecule has 0 aromatic heterocycles. The van der Waals surface area contributed by atoms with Crippen molar-refractivity contribution in [3.05, 3.63) is 87.2 Å². The van der Waals surface area contributed by atoms with Gasteiger partial charge in [-0.2, -0.15) is 0 Å². The molecule has 2 aromatic carbocycles. The molecular weight excluding hydrogens is 494 g/mol. The molecule has 1 N–H and O–H groups in total. The topological polar surface area (TPSA) is 90.9 Å². The van der Waals surface area contributed by atoms with Crippen LogP contribution in [0.25, 0.3) is 0 Å². The third-order valence-corrected chi connectivity index (χ3v) is 7.03. The lowest BCUT2D eigenvalue weighted by Gasteiger charge is -2.39. The van der Waals surface area contributed by atoms with Crippen molar-refractivity contribution in [3.63, 3.8) is 0 Å². The average molecular weight is 524 g/mol. The summed E-state index contributed by atoms with van der Waals surface area (Å²) in [5.74, 6) is -3.14. The molecule has 0 bridgehead atoms. The number of esters is 2. The summed E-state index contributed by atoms with van der Waals surface area (Å²) in [4.78, 5) is 40.6. The van der Waals surface area contributed by atoms with Gasteiger partial charge in [0.2, 0.25) is 0 Å². The fourth-order valence-electron chi connectivity index (χ4n) is 5.19. The summed E-state index contributed by atoms with van der Waals surface area (Å²) in [6, 6.07) is 14.4. The van der Waals surface area contributed by atoms with Gasteiger partial charge in [-0.15, -0.1) is 0 Å². The van der Waals surface area contributed by atoms with Crippen LogP contribution in [-0.4, -0.2) is 38.0 Å². The Morgan fingerprint density at radius 2 is 1.73 bits per heavy atom. The molecule has 4 rings (SSSR count). The standard InChI is InChI=1S/C29H30ClNO6/c1-5-36-28(33)23-16(3)31-22-15-21(18-8-7-9-20(14-18)35-4)25(29(34)37-6-2)27(32)26(22)24(23)17-10-12-19(30)13-11-17/h7-14,21,24-25,31H,5-6,15H2,1-4H3. The van der Waals surface area contributed by atoms with Gasteiger partial charge in [0.05, 0.1) is 25.9 Å². The van der Waals surface area contributed by atoms with Crippen molar-refractivity contribution in [1.82, 2.24) is 5.32 Å². The van der Waals surface area contributed by atoms with Crippen LogP contribution in [-0.2, 0) is 23.9 Å². The molecule has 7 nitrogen and oxygen atoms in total. The Kier molecular flexibility index (Phi) is 8.03. The van der Waals surface area contributed by atoms with E-state index in [2.05, 4.69) is 5.32 Å². The molecule has 1 aliphatic heterocycles. The van der Waals surface area contributed by atoms with Crippen molar-refractivity contribution < 1.29 is 28.6 Å². The normalized spacial score (nSPS) is 21.2. The minimum atomic E-state index is -1.08. The average Bonchev–Trinajstić information content (AvgIpc) is 2.88. The Hall–Kier alpha value is -3.58. The molecule has 194 valence electrons. The van der Waals surface area contributed by atoms with E-state index in [4.69, 9.17) is 25.8 Å². The van der Waals surface area contributed by atoms with Gasteiger partial charge in [0.1, 0.15) is 11.7 Å². The van der Waals surface area contributed by atoms with Crippen molar-refractivity contribution in [2.75, 3.05) is 20.3 Å². The van der Waals surface area contributed by atoms with Gasteiger partial charge in [-0.25, -0.2) is 4.79 Å². The summed E-state index contributed by atoms with van der Waals surface area (Å²) in [6.45, 7) is 5.56. The summed E-state index contributed by atoms with van der Waals surface area (Å²) in [6.07, 6.45) is 0.370. The zero-order chi connectivity index (χ0) is 26.7. The molecule has 37 heavy (non-hydrogen) atoms. The number of rotatable bonds is 7. The highest BCUT2D eigenvalue weighted by Crippen LogP contribution is 2.48. The predicted octanol–water partition coefficient (Wildman–Crippen LogP) is 5.06. The van der Waals surface area contributed by atoms with Crippen LogP contribution >= 0.6 is 11.6 Å². The molecule has 1 heterocycles. The van der Waals surface area contributed by atoms with Gasteiger partial charge in [-0.1, -0.05) is 35.9 Å². The van der Waals surface area contributed by atoms with E-state index in [1.807, 2.05) is 24.3 Å². The van der Waals surface area contributed by atoms with Crippen molar-refractivity contribution >= 4 is 29.3 Å². The summed E-state index contributed by atoms with van der Waals surface area (Å²) >= 11 is 6.14. The van der Waals surface area contributed by atoms with Crippen LogP contribution < -0.4 is 10.1 Å². The molecule has 0 saturated carbocycles. The Morgan fingerprint density at radius 3 is 2.38 bits per heavy atom. The van der Waals surface area contributed by atoms with E-state index >= 15 is 0 Å². The number of dihydropyridines is 1. The Morgan fingerprint density at radius 1 is 1.03 bits per heavy atom. The molecule has 1 aliphatic carbocycles. The summed E-state index contributed by atoms with van der Waals surface area (Å²) in [5.41, 5.74) is 3.47. The quantitative estimate of drug-likeness (QED) is 0.400. The van der Waals surface area contributed by atoms with Crippen molar-refractivity contribution in [1.29, 1.82) is 0 Å². The molecule has 3 unspecified atom stereocenters. The summed E-state index contributed by atoms with van der Waals surface area (Å²) in [5, 5.41) is 3.83. The first-order valence-corrected chi connectivity index (χ1v) is 12.7. The number of ether oxygens (including phenoxy) is 3. The molecule has 0 fully saturated rings. The van der Waals surface area contributed by atoms with Gasteiger partial charge in [0, 0.05) is 33.8 Å². The van der Waals surface area contributed by atoms with Gasteiger partial charge in [0.15, 0.2) is 5.78 Å². The monoisotopic (exact) mass is 523 g/mol. The molecule has 0 saturated heterocycles. The Balaban J connectivity index is 1.89. The minimum Gasteiger partial charge on any atom is -0.497 e. The van der Waals surface area contributed by atoms with Crippen LogP contribution in [0.2, 0.25) is 5.02 Å². The largest absolute Gasteiger partial charge is 0.497 e. The molecule has 0 radical (unpaired) electrons. The molecule has 0 amide bonds. The maximum Gasteiger partial charge on any atom is 0.336 e. The number of Topliss-reactive ketones (excluding diaryl/α,β-unsaturated/α-hetero) is 1. The molecule has 2 aromatic rings. The van der Waals surface area contributed by atoms with E-state index in [1.165, 1.54) is 0 Å². The van der Waals surface area contributed by atoms with Crippen molar-refractivity contribution in [2.24, 2.45) is 5.92 Å². The number of hydrogen-bond acceptors (Lipinski definition) is 7. The van der Waals surface area contributed by atoms with Gasteiger partial charge in [0.25, 0.3) is 0 Å². The third-order valence-electron chi connectivity index (χ3n) is 6.78. The highest BCUT2D eigenvalue weighted by Gasteiger charge is 2.49. The number of methoxy groups -OCH3 is 1. The summed E-state index contributed by atoms with van der Waals surface area (Å²) < 4.78 is 16.1. The second-order valence-corrected chi connectivity index (χ2v) is 9.38. The molecule has 8 heteroatoms. The van der Waals surface area contributed by atoms with Gasteiger partial charge in [-0.3, -0.25) is 9.59 Å². The van der Waals surface area contributed by atoms with Crippen LogP contribution in [0.4, 0.5) is 0 Å². The van der Waals surface area contributed by atoms with Crippen LogP contribution in [0.3, 0.4) is 0 Å². The molecule has 0 spiro atoms. The lowest BCUT2D eigenvalue weighted by Crippen LogP contribution is -2.43. The minimum absolute atomic E-state index is 0.144. The maximum atomic E-state index is 14.3. The molecule has 3 atom stereocenters. The number of ketones is 1. The van der Waals surface area contributed by atoms with E-state index in [9.17, 15) is 14.4 Å². The van der Waals surface area contributed by atoms with Crippen molar-refractivity contribution in [2.45, 2.75) is 39.0 Å². The van der Waals surface area contributed by atoms with Gasteiger partial charge < -0.3 is 19.5 Å². The zero-order valence-electron chi connectivity index (χ0n) is 21.3. The van der Waals surface area contributed by atoms with Gasteiger partial charge in [-0.05, 0) is 62.6 Å². The van der Waals surface area contributed by atoms with E-state index in [0.717, 1.165) is 5.56 Å². The van der Waals surface area contributed by atoms with E-state index in [1.54, 1.807) is 52.1 Å². The number of carbonyl (C=O) groups excluding carboxylic acids is 3. The van der Waals surface area contributed by atoms with Crippen LogP contribution in [0, 0.1) is 5.92 Å². The Labute approximate surface area is 221 Å². The zero-order valence-corrected chi connectivity index (χ0v) is 22.1. The number of hydrogen-bond donors (Lipinski definition) is 1. The second kappa shape index (κ2) is 11.2. The highest BCUT2D eigenvalue weighted by atomic mass is 35.5. The number of nitrogens with one attached hydrogen (secondary N) is 1. The summed E-state index contributed by atoms with van der Waals surface area (Å²) in [7, 11) is 1.57. The highest BCUT2D eigenvalue weighted by molar-refractivity contribution is 6.30. The number of halogens is 1. The maximum absolute atomic E-state index is 14.3. The first-order valence-electron chi connectivity index (χ1n) is 12.3. The first-order chi connectivity index (χ1) is 17.8. The number of carbonyl (C=O) groups is 3. The second-order valence-electron chi connectivity index (χ2n) is 8.94. The SMILES string of the molecule is CCOC(=O)C1=C(C)NC2=C(C(=O)C(C(=O)OCC)C(c3cccc(OC)c3)C2)C1c1ccc(Cl)cc1.